The molecule has 0 radical (unpaired) electrons. The predicted molar refractivity (Wildman–Crippen MR) is 84.3 cm³/mol. The quantitative estimate of drug-likeness (QED) is 0.736. The summed E-state index contributed by atoms with van der Waals surface area (Å²) in [6.07, 6.45) is 1.60. The van der Waals surface area contributed by atoms with Crippen LogP contribution >= 0.6 is 0 Å². The van der Waals surface area contributed by atoms with Gasteiger partial charge in [-0.3, -0.25) is 5.32 Å². The topological polar surface area (TPSA) is 71.3 Å². The fraction of sp³-hybridized carbons (Fsp3) is 0.471. The van der Waals surface area contributed by atoms with Crippen molar-refractivity contribution in [2.45, 2.75) is 44.5 Å². The molecule has 0 aromatic heterocycles. The highest BCUT2D eigenvalue weighted by Crippen LogP contribution is 2.43. The first-order valence-corrected chi connectivity index (χ1v) is 7.65. The van der Waals surface area contributed by atoms with Crippen LogP contribution in [0.3, 0.4) is 0 Å². The number of rotatable bonds is 4. The molecule has 1 aromatic rings. The molecule has 0 saturated heterocycles. The Morgan fingerprint density at radius 2 is 2.05 bits per heavy atom. The molecule has 1 aliphatic heterocycles. The van der Waals surface area contributed by atoms with Crippen molar-refractivity contribution >= 4 is 0 Å². The average molecular weight is 298 g/mol. The van der Waals surface area contributed by atoms with Gasteiger partial charge in [0, 0.05) is 6.04 Å². The Morgan fingerprint density at radius 1 is 1.41 bits per heavy atom. The molecule has 3 N–H and O–H groups in total. The van der Waals surface area contributed by atoms with Crippen molar-refractivity contribution in [1.82, 2.24) is 15.8 Å². The van der Waals surface area contributed by atoms with Crippen molar-refractivity contribution in [3.63, 3.8) is 0 Å². The van der Waals surface area contributed by atoms with Gasteiger partial charge in [0.05, 0.1) is 22.9 Å². The number of likely N-dealkylation sites (N-methyl/N-ethyl adjacent to an activating group) is 1. The van der Waals surface area contributed by atoms with Gasteiger partial charge in [0.1, 0.15) is 6.23 Å². The molecule has 0 amide bonds. The number of nitriles is 1. The molecule has 2 aliphatic rings. The number of nitrogens with one attached hydrogen (secondary N) is 2. The van der Waals surface area contributed by atoms with Crippen molar-refractivity contribution in [2.75, 3.05) is 7.05 Å². The van der Waals surface area contributed by atoms with Crippen LogP contribution in [0.15, 0.2) is 35.5 Å². The first-order chi connectivity index (χ1) is 10.5. The zero-order valence-electron chi connectivity index (χ0n) is 13.2. The summed E-state index contributed by atoms with van der Waals surface area (Å²) in [5.74, 6) is 0. The van der Waals surface area contributed by atoms with Crippen LogP contribution in [0.25, 0.3) is 0 Å². The van der Waals surface area contributed by atoms with Gasteiger partial charge in [-0.15, -0.1) is 0 Å². The molecule has 5 heteroatoms. The zero-order chi connectivity index (χ0) is 15.9. The maximum absolute atomic E-state index is 10.3. The Kier molecular flexibility index (Phi) is 3.69. The minimum absolute atomic E-state index is 0.371. The van der Waals surface area contributed by atoms with Crippen LogP contribution in [0.5, 0.6) is 0 Å². The van der Waals surface area contributed by atoms with Gasteiger partial charge in [-0.25, -0.2) is 5.43 Å². The van der Waals surface area contributed by atoms with Gasteiger partial charge in [-0.05, 0) is 57.0 Å². The van der Waals surface area contributed by atoms with E-state index >= 15 is 0 Å². The number of hydrogen-bond donors (Lipinski definition) is 3. The molecule has 2 atom stereocenters. The maximum atomic E-state index is 10.3. The third-order valence-corrected chi connectivity index (χ3v) is 4.77. The first kappa shape index (κ1) is 15.0. The largest absolute Gasteiger partial charge is 0.373 e. The molecular formula is C17H22N4O. The Balaban J connectivity index is 2.01. The van der Waals surface area contributed by atoms with Crippen LogP contribution < -0.4 is 10.7 Å². The summed E-state index contributed by atoms with van der Waals surface area (Å²) in [7, 11) is 1.76. The summed E-state index contributed by atoms with van der Waals surface area (Å²) >= 11 is 0. The molecule has 1 aliphatic carbocycles. The second-order valence-corrected chi connectivity index (χ2v) is 6.23. The number of hydrogen-bond acceptors (Lipinski definition) is 5. The monoisotopic (exact) mass is 298 g/mol. The lowest BCUT2D eigenvalue weighted by Crippen LogP contribution is -2.47. The van der Waals surface area contributed by atoms with Gasteiger partial charge in [-0.1, -0.05) is 12.1 Å². The Morgan fingerprint density at radius 3 is 2.55 bits per heavy atom. The van der Waals surface area contributed by atoms with Crippen molar-refractivity contribution in [1.29, 1.82) is 5.26 Å². The lowest BCUT2D eigenvalue weighted by atomic mass is 9.85. The van der Waals surface area contributed by atoms with E-state index in [1.807, 2.05) is 24.3 Å². The number of aliphatic hydroxyl groups excluding tert-OH is 1. The third-order valence-electron chi connectivity index (χ3n) is 4.77. The third kappa shape index (κ3) is 2.30. The summed E-state index contributed by atoms with van der Waals surface area (Å²) in [6.45, 7) is 4.18. The smallest absolute Gasteiger partial charge is 0.146 e. The molecular weight excluding hydrogens is 276 g/mol. The second-order valence-electron chi connectivity index (χ2n) is 6.23. The van der Waals surface area contributed by atoms with E-state index in [1.54, 1.807) is 7.05 Å². The molecule has 22 heavy (non-hydrogen) atoms. The molecule has 116 valence electrons. The van der Waals surface area contributed by atoms with Crippen molar-refractivity contribution < 1.29 is 5.11 Å². The first-order valence-electron chi connectivity index (χ1n) is 7.65. The summed E-state index contributed by atoms with van der Waals surface area (Å²) < 4.78 is 0. The Labute approximate surface area is 131 Å². The van der Waals surface area contributed by atoms with Gasteiger partial charge < -0.3 is 10.1 Å². The highest BCUT2D eigenvalue weighted by Gasteiger charge is 2.46. The minimum atomic E-state index is -0.687. The number of aliphatic hydroxyl groups is 1. The molecule has 3 rings (SSSR count). The molecule has 5 nitrogen and oxygen atoms in total. The van der Waals surface area contributed by atoms with E-state index in [1.165, 1.54) is 0 Å². The highest BCUT2D eigenvalue weighted by molar-refractivity contribution is 5.43. The minimum Gasteiger partial charge on any atom is -0.373 e. The average Bonchev–Trinajstić information content (AvgIpc) is 3.34. The van der Waals surface area contributed by atoms with Crippen molar-refractivity contribution in [2.24, 2.45) is 0 Å². The van der Waals surface area contributed by atoms with Crippen LogP contribution in [0.1, 0.15) is 37.8 Å². The van der Waals surface area contributed by atoms with E-state index in [0.29, 0.717) is 11.6 Å². The van der Waals surface area contributed by atoms with Crippen LogP contribution in [-0.4, -0.2) is 29.4 Å². The zero-order valence-corrected chi connectivity index (χ0v) is 13.2. The lowest BCUT2D eigenvalue weighted by Gasteiger charge is -2.31. The van der Waals surface area contributed by atoms with Gasteiger partial charge >= 0.3 is 0 Å². The summed E-state index contributed by atoms with van der Waals surface area (Å²) in [5.41, 5.74) is 6.96. The maximum Gasteiger partial charge on any atom is 0.146 e. The molecule has 1 saturated carbocycles. The molecule has 0 spiro atoms. The van der Waals surface area contributed by atoms with Crippen molar-refractivity contribution in [3.8, 4) is 6.07 Å². The fourth-order valence-corrected chi connectivity index (χ4v) is 3.08. The lowest BCUT2D eigenvalue weighted by molar-refractivity contribution is 0.112. The highest BCUT2D eigenvalue weighted by atomic mass is 16.3. The van der Waals surface area contributed by atoms with E-state index in [4.69, 9.17) is 5.26 Å². The predicted octanol–water partition coefficient (Wildman–Crippen LogP) is 1.57. The van der Waals surface area contributed by atoms with Crippen LogP contribution in [-0.2, 0) is 5.54 Å². The van der Waals surface area contributed by atoms with E-state index in [0.717, 1.165) is 29.7 Å². The molecule has 1 heterocycles. The molecule has 1 unspecified atom stereocenters. The second kappa shape index (κ2) is 5.40. The van der Waals surface area contributed by atoms with Gasteiger partial charge in [-0.2, -0.15) is 5.26 Å². The number of nitrogens with zero attached hydrogens (tertiary/aromatic N) is 2. The van der Waals surface area contributed by atoms with E-state index < -0.39 is 6.23 Å². The Hall–Kier alpha value is -1.87. The van der Waals surface area contributed by atoms with E-state index in [2.05, 4.69) is 35.7 Å². The van der Waals surface area contributed by atoms with E-state index in [-0.39, 0.29) is 5.54 Å². The SMILES string of the molecule is CNC(O)C1=C(C)[C@](C)(c2ccc(C#N)cc2)NN1C1CC1. The molecule has 1 aromatic carbocycles. The molecule has 0 bridgehead atoms. The Bertz CT molecular complexity index is 642. The van der Waals surface area contributed by atoms with Crippen molar-refractivity contribution in [3.05, 3.63) is 46.7 Å². The van der Waals surface area contributed by atoms with Crippen LogP contribution in [0, 0.1) is 11.3 Å². The van der Waals surface area contributed by atoms with Crippen LogP contribution in [0.4, 0.5) is 0 Å². The number of hydrazine groups is 1. The van der Waals surface area contributed by atoms with Gasteiger partial charge in [0.25, 0.3) is 0 Å². The summed E-state index contributed by atoms with van der Waals surface area (Å²) in [5, 5.41) is 24.3. The van der Waals surface area contributed by atoms with E-state index in [9.17, 15) is 5.11 Å². The van der Waals surface area contributed by atoms with Crippen LogP contribution in [0.2, 0.25) is 0 Å². The number of benzene rings is 1. The summed E-state index contributed by atoms with van der Waals surface area (Å²) in [6, 6.07) is 10.2. The van der Waals surface area contributed by atoms with Gasteiger partial charge in [0.15, 0.2) is 0 Å². The molecule has 1 fully saturated rings. The fourth-order valence-electron chi connectivity index (χ4n) is 3.08. The normalized spacial score (nSPS) is 26.2. The standard InChI is InChI=1S/C17H22N4O/c1-11-15(16(22)19-3)21(14-8-9-14)20-17(11,2)13-6-4-12(10-18)5-7-13/h4-7,14,16,19-20,22H,8-9H2,1-3H3/t16?,17-/m1/s1. The summed E-state index contributed by atoms with van der Waals surface area (Å²) in [4.78, 5) is 0. The van der Waals surface area contributed by atoms with Gasteiger partial charge in [0.2, 0.25) is 0 Å².